The fourth-order valence-electron chi connectivity index (χ4n) is 4.06. The average molecular weight is 585 g/mol. The Kier molecular flexibility index (Phi) is 8.40. The number of nitrogens with zero attached hydrogens (tertiary/aromatic N) is 2. The Morgan fingerprint density at radius 1 is 1.16 bits per heavy atom. The van der Waals surface area contributed by atoms with E-state index in [-0.39, 0.29) is 18.8 Å². The Labute approximate surface area is 225 Å². The highest BCUT2D eigenvalue weighted by Crippen LogP contribution is 2.31. The molecule has 192 valence electrons. The first kappa shape index (κ1) is 26.6. The van der Waals surface area contributed by atoms with Crippen LogP contribution < -0.4 is 19.6 Å². The van der Waals surface area contributed by atoms with Crippen molar-refractivity contribution in [3.05, 3.63) is 95.1 Å². The number of thiazole rings is 1. The summed E-state index contributed by atoms with van der Waals surface area (Å²) in [6.45, 7) is 3.63. The molecule has 0 radical (unpaired) electrons. The van der Waals surface area contributed by atoms with Gasteiger partial charge in [0, 0.05) is 10.0 Å². The summed E-state index contributed by atoms with van der Waals surface area (Å²) in [6, 6.07) is 14.0. The molecular formula is C27H25BrN2O6S. The number of allylic oxidation sites excluding steroid dienone is 1. The molecule has 0 bridgehead atoms. The van der Waals surface area contributed by atoms with Crippen LogP contribution in [-0.4, -0.2) is 36.8 Å². The van der Waals surface area contributed by atoms with E-state index in [9.17, 15) is 14.4 Å². The highest BCUT2D eigenvalue weighted by Gasteiger charge is 2.33. The van der Waals surface area contributed by atoms with E-state index in [2.05, 4.69) is 20.9 Å². The predicted molar refractivity (Wildman–Crippen MR) is 143 cm³/mol. The van der Waals surface area contributed by atoms with Crippen LogP contribution in [0, 0.1) is 0 Å². The summed E-state index contributed by atoms with van der Waals surface area (Å²) in [6.07, 6.45) is 2.20. The van der Waals surface area contributed by atoms with Crippen LogP contribution in [0.25, 0.3) is 6.08 Å². The molecule has 1 aliphatic rings. The Hall–Kier alpha value is -3.50. The number of hydrogen-bond donors (Lipinski definition) is 0. The minimum absolute atomic E-state index is 0.256. The van der Waals surface area contributed by atoms with Gasteiger partial charge in [0.05, 0.1) is 35.6 Å². The molecule has 2 heterocycles. The summed E-state index contributed by atoms with van der Waals surface area (Å²) < 4.78 is 18.4. The van der Waals surface area contributed by atoms with Gasteiger partial charge in [0.25, 0.3) is 5.56 Å². The largest absolute Gasteiger partial charge is 0.481 e. The van der Waals surface area contributed by atoms with E-state index in [0.29, 0.717) is 38.3 Å². The molecular weight excluding hydrogens is 560 g/mol. The number of esters is 2. The van der Waals surface area contributed by atoms with Crippen LogP contribution in [0.15, 0.2) is 74.1 Å². The fourth-order valence-corrected chi connectivity index (χ4v) is 5.45. The third kappa shape index (κ3) is 5.60. The van der Waals surface area contributed by atoms with E-state index in [4.69, 9.17) is 14.2 Å². The zero-order valence-electron chi connectivity index (χ0n) is 20.5. The summed E-state index contributed by atoms with van der Waals surface area (Å²) in [5.74, 6) is -0.586. The SMILES string of the molecule is CCOC(=O)COc1ccc(Br)cc1/C=c1/sc2n(c1=O)[C@H](c1ccccc1)C(C(=O)OC)=C(CC)N=2. The number of ether oxygens (including phenoxy) is 3. The topological polar surface area (TPSA) is 96.2 Å². The summed E-state index contributed by atoms with van der Waals surface area (Å²) in [4.78, 5) is 43.6. The minimum atomic E-state index is -0.677. The van der Waals surface area contributed by atoms with E-state index >= 15 is 0 Å². The third-order valence-corrected chi connectivity index (χ3v) is 7.15. The molecule has 3 aromatic rings. The van der Waals surface area contributed by atoms with Gasteiger partial charge in [0.1, 0.15) is 5.75 Å². The number of carbonyl (C=O) groups excluding carboxylic acids is 2. The maximum atomic E-state index is 13.8. The molecule has 0 spiro atoms. The van der Waals surface area contributed by atoms with Gasteiger partial charge in [0.15, 0.2) is 11.4 Å². The fraction of sp³-hybridized carbons (Fsp3) is 0.259. The van der Waals surface area contributed by atoms with Crippen molar-refractivity contribution in [2.45, 2.75) is 26.3 Å². The van der Waals surface area contributed by atoms with Gasteiger partial charge in [-0.1, -0.05) is 64.5 Å². The monoisotopic (exact) mass is 584 g/mol. The van der Waals surface area contributed by atoms with E-state index in [1.54, 1.807) is 31.2 Å². The van der Waals surface area contributed by atoms with Gasteiger partial charge in [-0.2, -0.15) is 0 Å². The zero-order chi connectivity index (χ0) is 26.5. The molecule has 1 aromatic heterocycles. The Balaban J connectivity index is 1.88. The van der Waals surface area contributed by atoms with Crippen molar-refractivity contribution in [3.63, 3.8) is 0 Å². The van der Waals surface area contributed by atoms with Crippen LogP contribution in [0.1, 0.15) is 37.4 Å². The molecule has 0 N–H and O–H groups in total. The minimum Gasteiger partial charge on any atom is -0.481 e. The molecule has 4 rings (SSSR count). The second-order valence-corrected chi connectivity index (χ2v) is 9.90. The number of hydrogen-bond acceptors (Lipinski definition) is 8. The van der Waals surface area contributed by atoms with E-state index < -0.39 is 18.0 Å². The maximum absolute atomic E-state index is 13.8. The third-order valence-electron chi connectivity index (χ3n) is 5.67. The van der Waals surface area contributed by atoms with E-state index in [0.717, 1.165) is 10.0 Å². The molecule has 0 saturated carbocycles. The van der Waals surface area contributed by atoms with E-state index in [1.165, 1.54) is 23.0 Å². The van der Waals surface area contributed by atoms with Gasteiger partial charge in [-0.3, -0.25) is 9.36 Å². The molecule has 10 heteroatoms. The number of benzene rings is 2. The van der Waals surface area contributed by atoms with Gasteiger partial charge >= 0.3 is 11.9 Å². The molecule has 0 amide bonds. The second kappa shape index (κ2) is 11.7. The van der Waals surface area contributed by atoms with Crippen LogP contribution in [0.4, 0.5) is 0 Å². The molecule has 2 aromatic carbocycles. The zero-order valence-corrected chi connectivity index (χ0v) is 22.9. The van der Waals surface area contributed by atoms with Gasteiger partial charge in [-0.25, -0.2) is 14.6 Å². The summed E-state index contributed by atoms with van der Waals surface area (Å²) in [5.41, 5.74) is 2.00. The number of aromatic nitrogens is 1. The lowest BCUT2D eigenvalue weighted by atomic mass is 9.95. The van der Waals surface area contributed by atoms with Crippen LogP contribution in [0.2, 0.25) is 0 Å². The van der Waals surface area contributed by atoms with Crippen molar-refractivity contribution in [1.82, 2.24) is 4.57 Å². The Morgan fingerprint density at radius 2 is 1.92 bits per heavy atom. The first-order valence-corrected chi connectivity index (χ1v) is 13.2. The Bertz CT molecular complexity index is 1540. The van der Waals surface area contributed by atoms with Crippen molar-refractivity contribution in [2.24, 2.45) is 4.99 Å². The van der Waals surface area contributed by atoms with Crippen molar-refractivity contribution < 1.29 is 23.8 Å². The maximum Gasteiger partial charge on any atom is 0.344 e. The first-order chi connectivity index (χ1) is 17.9. The summed E-state index contributed by atoms with van der Waals surface area (Å²) in [7, 11) is 1.32. The molecule has 1 aliphatic heterocycles. The lowest BCUT2D eigenvalue weighted by Gasteiger charge is -2.25. The Morgan fingerprint density at radius 3 is 2.59 bits per heavy atom. The highest BCUT2D eigenvalue weighted by molar-refractivity contribution is 9.10. The lowest BCUT2D eigenvalue weighted by molar-refractivity contribution is -0.145. The predicted octanol–water partition coefficient (Wildman–Crippen LogP) is 3.50. The number of methoxy groups -OCH3 is 1. The van der Waals surface area contributed by atoms with Crippen LogP contribution in [-0.2, 0) is 19.1 Å². The van der Waals surface area contributed by atoms with Gasteiger partial charge in [0.2, 0.25) is 0 Å². The van der Waals surface area contributed by atoms with Crippen molar-refractivity contribution >= 4 is 45.3 Å². The standard InChI is InChI=1S/C27H25BrN2O6S/c1-4-19-23(26(33)34-3)24(16-9-7-6-8-10-16)30-25(32)21(37-27(30)29-19)14-17-13-18(28)11-12-20(17)36-15-22(31)35-5-2/h6-14,24H,4-5,15H2,1-3H3/b21-14+/t24-/m1/s1. The molecule has 1 atom stereocenters. The lowest BCUT2D eigenvalue weighted by Crippen LogP contribution is -2.40. The number of rotatable bonds is 8. The average Bonchev–Trinajstić information content (AvgIpc) is 3.21. The van der Waals surface area contributed by atoms with Crippen LogP contribution in [0.3, 0.4) is 0 Å². The molecule has 37 heavy (non-hydrogen) atoms. The first-order valence-electron chi connectivity index (χ1n) is 11.6. The number of halogens is 1. The molecule has 0 unspecified atom stereocenters. The van der Waals surface area contributed by atoms with E-state index in [1.807, 2.05) is 37.3 Å². The summed E-state index contributed by atoms with van der Waals surface area (Å²) >= 11 is 4.68. The highest BCUT2D eigenvalue weighted by atomic mass is 79.9. The van der Waals surface area contributed by atoms with Crippen molar-refractivity contribution in [2.75, 3.05) is 20.3 Å². The van der Waals surface area contributed by atoms with Crippen molar-refractivity contribution in [3.8, 4) is 5.75 Å². The van der Waals surface area contributed by atoms with Crippen LogP contribution >= 0.6 is 27.3 Å². The number of fused-ring (bicyclic) bond motifs is 1. The van der Waals surface area contributed by atoms with Crippen LogP contribution in [0.5, 0.6) is 5.75 Å². The van der Waals surface area contributed by atoms with Gasteiger partial charge < -0.3 is 14.2 Å². The molecule has 0 aliphatic carbocycles. The number of carbonyl (C=O) groups is 2. The van der Waals surface area contributed by atoms with Gasteiger partial charge in [-0.15, -0.1) is 0 Å². The normalized spacial score (nSPS) is 15.1. The summed E-state index contributed by atoms with van der Waals surface area (Å²) in [5, 5.41) is 0. The molecule has 0 saturated heterocycles. The van der Waals surface area contributed by atoms with Gasteiger partial charge in [-0.05, 0) is 43.2 Å². The molecule has 8 nitrogen and oxygen atoms in total. The second-order valence-electron chi connectivity index (χ2n) is 7.97. The van der Waals surface area contributed by atoms with Crippen molar-refractivity contribution in [1.29, 1.82) is 0 Å². The quantitative estimate of drug-likeness (QED) is 0.376. The molecule has 0 fully saturated rings. The smallest absolute Gasteiger partial charge is 0.344 e.